The van der Waals surface area contributed by atoms with Gasteiger partial charge in [-0.05, 0) is 24.0 Å². The number of hydrogen-bond acceptors (Lipinski definition) is 2. The zero-order chi connectivity index (χ0) is 15.4. The summed E-state index contributed by atoms with van der Waals surface area (Å²) >= 11 is 0. The van der Waals surface area contributed by atoms with Gasteiger partial charge in [-0.25, -0.2) is 9.59 Å². The summed E-state index contributed by atoms with van der Waals surface area (Å²) in [6.07, 6.45) is 6.02. The van der Waals surface area contributed by atoms with Crippen LogP contribution in [0.1, 0.15) is 18.9 Å². The number of para-hydroxylation sites is 1. The minimum absolute atomic E-state index is 0.0356. The van der Waals surface area contributed by atoms with Gasteiger partial charge in [-0.3, -0.25) is 4.90 Å². The summed E-state index contributed by atoms with van der Waals surface area (Å²) in [6.45, 7) is 2.62. The van der Waals surface area contributed by atoms with Crippen LogP contribution >= 0.6 is 0 Å². The number of carbonyl (C=O) groups is 2. The maximum Gasteiger partial charge on any atom is 0.327 e. The Morgan fingerprint density at radius 3 is 2.90 bits per heavy atom. The second-order valence-corrected chi connectivity index (χ2v) is 5.30. The van der Waals surface area contributed by atoms with Gasteiger partial charge in [-0.2, -0.15) is 0 Å². The molecule has 1 heterocycles. The summed E-state index contributed by atoms with van der Waals surface area (Å²) in [5.74, 6) is 1.47. The van der Waals surface area contributed by atoms with Crippen molar-refractivity contribution in [3.05, 3.63) is 29.8 Å². The van der Waals surface area contributed by atoms with Crippen LogP contribution < -0.4 is 10.2 Å². The van der Waals surface area contributed by atoms with E-state index in [1.165, 1.54) is 0 Å². The zero-order valence-corrected chi connectivity index (χ0v) is 11.9. The molecule has 2 atom stereocenters. The maximum absolute atomic E-state index is 12.4. The Bertz CT molecular complexity index is 591. The van der Waals surface area contributed by atoms with E-state index in [1.54, 1.807) is 4.90 Å². The molecule has 0 radical (unpaired) electrons. The molecular weight excluding hydrogens is 268 g/mol. The Morgan fingerprint density at radius 1 is 1.52 bits per heavy atom. The first-order valence-electron chi connectivity index (χ1n) is 6.85. The number of nitrogens with one attached hydrogen (secondary N) is 1. The van der Waals surface area contributed by atoms with Crippen LogP contribution in [-0.4, -0.2) is 29.7 Å². The van der Waals surface area contributed by atoms with E-state index < -0.39 is 18.0 Å². The molecule has 0 bridgehead atoms. The molecule has 110 valence electrons. The lowest BCUT2D eigenvalue weighted by atomic mass is 9.94. The number of anilines is 1. The predicted octanol–water partition coefficient (Wildman–Crippen LogP) is 1.87. The second-order valence-electron chi connectivity index (χ2n) is 5.30. The van der Waals surface area contributed by atoms with Gasteiger partial charge in [0, 0.05) is 18.7 Å². The van der Waals surface area contributed by atoms with Crippen LogP contribution in [0.5, 0.6) is 0 Å². The Labute approximate surface area is 124 Å². The number of carboxylic acid groups (broad SMARTS) is 1. The molecule has 0 aromatic heterocycles. The van der Waals surface area contributed by atoms with Crippen molar-refractivity contribution in [2.45, 2.75) is 25.8 Å². The van der Waals surface area contributed by atoms with Crippen molar-refractivity contribution in [1.29, 1.82) is 0 Å². The van der Waals surface area contributed by atoms with Crippen molar-refractivity contribution in [3.8, 4) is 12.3 Å². The summed E-state index contributed by atoms with van der Waals surface area (Å²) in [5, 5.41) is 11.6. The van der Waals surface area contributed by atoms with E-state index in [2.05, 4.69) is 18.2 Å². The van der Waals surface area contributed by atoms with E-state index >= 15 is 0 Å². The number of aliphatic carboxylic acids is 1. The fourth-order valence-electron chi connectivity index (χ4n) is 2.53. The van der Waals surface area contributed by atoms with E-state index in [1.807, 2.05) is 24.3 Å². The van der Waals surface area contributed by atoms with Crippen LogP contribution in [0.3, 0.4) is 0 Å². The van der Waals surface area contributed by atoms with Crippen molar-refractivity contribution in [3.63, 3.8) is 0 Å². The summed E-state index contributed by atoms with van der Waals surface area (Å²) in [5.41, 5.74) is 1.92. The third-order valence-corrected chi connectivity index (χ3v) is 3.51. The normalized spacial score (nSPS) is 18.3. The van der Waals surface area contributed by atoms with Crippen molar-refractivity contribution in [2.75, 3.05) is 11.4 Å². The lowest BCUT2D eigenvalue weighted by molar-refractivity contribution is -0.139. The lowest BCUT2D eigenvalue weighted by Crippen LogP contribution is -2.50. The number of carbonyl (C=O) groups excluding carboxylic acids is 1. The summed E-state index contributed by atoms with van der Waals surface area (Å²) < 4.78 is 0. The van der Waals surface area contributed by atoms with Crippen LogP contribution in [0.4, 0.5) is 10.5 Å². The molecule has 1 aromatic carbocycles. The van der Waals surface area contributed by atoms with Gasteiger partial charge in [-0.15, -0.1) is 12.3 Å². The first-order valence-corrected chi connectivity index (χ1v) is 6.85. The van der Waals surface area contributed by atoms with E-state index in [9.17, 15) is 9.59 Å². The van der Waals surface area contributed by atoms with Crippen LogP contribution in [0.2, 0.25) is 0 Å². The first-order chi connectivity index (χ1) is 10.0. The largest absolute Gasteiger partial charge is 0.480 e. The van der Waals surface area contributed by atoms with E-state index in [-0.39, 0.29) is 6.42 Å². The first kappa shape index (κ1) is 14.9. The van der Waals surface area contributed by atoms with Crippen molar-refractivity contribution in [1.82, 2.24) is 5.32 Å². The van der Waals surface area contributed by atoms with Gasteiger partial charge >= 0.3 is 12.0 Å². The van der Waals surface area contributed by atoms with Gasteiger partial charge in [-0.1, -0.05) is 25.1 Å². The fourth-order valence-corrected chi connectivity index (χ4v) is 2.53. The van der Waals surface area contributed by atoms with Crippen LogP contribution in [0, 0.1) is 18.3 Å². The minimum Gasteiger partial charge on any atom is -0.480 e. The molecule has 1 aliphatic heterocycles. The predicted molar refractivity (Wildman–Crippen MR) is 80.1 cm³/mol. The van der Waals surface area contributed by atoms with Gasteiger partial charge in [0.05, 0.1) is 0 Å². The molecule has 2 N–H and O–H groups in total. The third kappa shape index (κ3) is 3.34. The van der Waals surface area contributed by atoms with E-state index in [4.69, 9.17) is 11.5 Å². The molecule has 21 heavy (non-hydrogen) atoms. The van der Waals surface area contributed by atoms with Crippen LogP contribution in [0.15, 0.2) is 24.3 Å². The Morgan fingerprint density at radius 2 is 2.24 bits per heavy atom. The van der Waals surface area contributed by atoms with Crippen molar-refractivity contribution in [2.24, 2.45) is 5.92 Å². The highest BCUT2D eigenvalue weighted by Crippen LogP contribution is 2.29. The smallest absolute Gasteiger partial charge is 0.327 e. The summed E-state index contributed by atoms with van der Waals surface area (Å²) in [4.78, 5) is 25.1. The van der Waals surface area contributed by atoms with Crippen LogP contribution in [0.25, 0.3) is 0 Å². The number of amides is 2. The van der Waals surface area contributed by atoms with E-state index in [0.717, 1.165) is 17.7 Å². The average molecular weight is 286 g/mol. The molecule has 0 fully saturated rings. The zero-order valence-electron chi connectivity index (χ0n) is 11.9. The summed E-state index contributed by atoms with van der Waals surface area (Å²) in [6, 6.07) is 6.18. The standard InChI is InChI=1S/C16H18N2O3/c1-3-6-13(15(19)20)17-16(21)18-10-11(2)9-12-7-4-5-8-14(12)18/h1,4-5,7-8,11,13H,6,9-10H2,2H3,(H,17,21)(H,19,20). The number of benzene rings is 1. The quantitative estimate of drug-likeness (QED) is 0.833. The van der Waals surface area contributed by atoms with Gasteiger partial charge in [0.25, 0.3) is 0 Å². The topological polar surface area (TPSA) is 69.6 Å². The molecule has 2 unspecified atom stereocenters. The molecule has 5 nitrogen and oxygen atoms in total. The number of carboxylic acids is 1. The monoisotopic (exact) mass is 286 g/mol. The van der Waals surface area contributed by atoms with Gasteiger partial charge in [0.2, 0.25) is 0 Å². The van der Waals surface area contributed by atoms with Crippen LogP contribution in [-0.2, 0) is 11.2 Å². The van der Waals surface area contributed by atoms with Gasteiger partial charge in [0.15, 0.2) is 0 Å². The van der Waals surface area contributed by atoms with Crippen molar-refractivity contribution >= 4 is 17.7 Å². The fraction of sp³-hybridized carbons (Fsp3) is 0.375. The third-order valence-electron chi connectivity index (χ3n) is 3.51. The Hall–Kier alpha value is -2.48. The number of rotatable bonds is 3. The molecule has 2 rings (SSSR count). The van der Waals surface area contributed by atoms with Gasteiger partial charge < -0.3 is 10.4 Å². The number of hydrogen-bond donors (Lipinski definition) is 2. The Kier molecular flexibility index (Phi) is 4.49. The number of terminal acetylenes is 1. The maximum atomic E-state index is 12.4. The highest BCUT2D eigenvalue weighted by molar-refractivity contribution is 5.95. The minimum atomic E-state index is -1.13. The number of nitrogens with zero attached hydrogens (tertiary/aromatic N) is 1. The lowest BCUT2D eigenvalue weighted by Gasteiger charge is -2.33. The highest BCUT2D eigenvalue weighted by Gasteiger charge is 2.28. The highest BCUT2D eigenvalue weighted by atomic mass is 16.4. The molecule has 0 aliphatic carbocycles. The number of fused-ring (bicyclic) bond motifs is 1. The number of urea groups is 1. The molecule has 0 saturated heterocycles. The van der Waals surface area contributed by atoms with Crippen molar-refractivity contribution < 1.29 is 14.7 Å². The molecule has 1 aromatic rings. The summed E-state index contributed by atoms with van der Waals surface area (Å²) in [7, 11) is 0. The molecular formula is C16H18N2O3. The van der Waals surface area contributed by atoms with E-state index in [0.29, 0.717) is 12.5 Å². The molecule has 5 heteroatoms. The molecule has 0 spiro atoms. The van der Waals surface area contributed by atoms with Gasteiger partial charge in [0.1, 0.15) is 6.04 Å². The molecule has 2 amide bonds. The second kappa shape index (κ2) is 6.31. The Balaban J connectivity index is 2.19. The molecule has 1 aliphatic rings. The SMILES string of the molecule is C#CCC(NC(=O)N1CC(C)Cc2ccccc21)C(=O)O. The molecule has 0 saturated carbocycles. The average Bonchev–Trinajstić information content (AvgIpc) is 2.45.